The summed E-state index contributed by atoms with van der Waals surface area (Å²) in [6.45, 7) is 6.59. The van der Waals surface area contributed by atoms with Crippen molar-refractivity contribution >= 4 is 11.8 Å². The molecular weight excluding hydrogens is 254 g/mol. The van der Waals surface area contributed by atoms with E-state index in [1.807, 2.05) is 24.4 Å². The van der Waals surface area contributed by atoms with Crippen LogP contribution in [0.15, 0.2) is 24.4 Å². The number of hydrogen-bond acceptors (Lipinski definition) is 5. The van der Waals surface area contributed by atoms with Crippen LogP contribution in [-0.4, -0.2) is 55.2 Å². The molecule has 0 aromatic carbocycles. The van der Waals surface area contributed by atoms with Crippen LogP contribution in [0.3, 0.4) is 0 Å². The topological polar surface area (TPSA) is 45.7 Å². The van der Waals surface area contributed by atoms with Crippen LogP contribution in [-0.2, 0) is 9.53 Å². The minimum Gasteiger partial charge on any atom is -0.465 e. The van der Waals surface area contributed by atoms with Gasteiger partial charge >= 0.3 is 5.97 Å². The standard InChI is InChI=1S/C15H23N3O2/c1-2-3-12-20-15(19)13-17-8-10-18(11-9-17)14-6-4-5-7-16-14/h4-7H,2-3,8-13H2,1H3. The molecule has 5 nitrogen and oxygen atoms in total. The van der Waals surface area contributed by atoms with E-state index in [4.69, 9.17) is 4.74 Å². The number of carbonyl (C=O) groups is 1. The molecule has 1 fully saturated rings. The summed E-state index contributed by atoms with van der Waals surface area (Å²) in [6, 6.07) is 5.94. The van der Waals surface area contributed by atoms with Gasteiger partial charge in [0.1, 0.15) is 5.82 Å². The molecular formula is C15H23N3O2. The van der Waals surface area contributed by atoms with Crippen LogP contribution in [0.25, 0.3) is 0 Å². The molecule has 0 amide bonds. The van der Waals surface area contributed by atoms with E-state index in [1.54, 1.807) is 0 Å². The fraction of sp³-hybridized carbons (Fsp3) is 0.600. The number of esters is 1. The van der Waals surface area contributed by atoms with Crippen LogP contribution in [0.2, 0.25) is 0 Å². The summed E-state index contributed by atoms with van der Waals surface area (Å²) in [4.78, 5) is 20.4. The summed E-state index contributed by atoms with van der Waals surface area (Å²) in [5.41, 5.74) is 0. The van der Waals surface area contributed by atoms with Gasteiger partial charge in [-0.25, -0.2) is 4.98 Å². The third kappa shape index (κ3) is 4.49. The number of aromatic nitrogens is 1. The Hall–Kier alpha value is -1.62. The van der Waals surface area contributed by atoms with Gasteiger partial charge in [0, 0.05) is 32.4 Å². The number of pyridine rings is 1. The molecule has 2 heterocycles. The second kappa shape index (κ2) is 7.85. The first-order valence-corrected chi connectivity index (χ1v) is 7.33. The Bertz CT molecular complexity index is 403. The van der Waals surface area contributed by atoms with Gasteiger partial charge in [-0.15, -0.1) is 0 Å². The van der Waals surface area contributed by atoms with Gasteiger partial charge in [0.2, 0.25) is 0 Å². The maximum atomic E-state index is 11.6. The number of rotatable bonds is 6. The van der Waals surface area contributed by atoms with E-state index in [1.165, 1.54) is 0 Å². The second-order valence-electron chi connectivity index (χ2n) is 5.03. The summed E-state index contributed by atoms with van der Waals surface area (Å²) >= 11 is 0. The highest BCUT2D eigenvalue weighted by molar-refractivity contribution is 5.71. The molecule has 5 heteroatoms. The van der Waals surface area contributed by atoms with E-state index in [0.717, 1.165) is 44.8 Å². The molecule has 0 unspecified atom stereocenters. The highest BCUT2D eigenvalue weighted by Crippen LogP contribution is 2.12. The van der Waals surface area contributed by atoms with Crippen molar-refractivity contribution in [3.8, 4) is 0 Å². The molecule has 0 atom stereocenters. The molecule has 1 aromatic rings. The highest BCUT2D eigenvalue weighted by atomic mass is 16.5. The summed E-state index contributed by atoms with van der Waals surface area (Å²) in [7, 11) is 0. The normalized spacial score (nSPS) is 16.1. The molecule has 0 bridgehead atoms. The lowest BCUT2D eigenvalue weighted by atomic mass is 10.3. The molecule has 0 saturated carbocycles. The number of hydrogen-bond donors (Lipinski definition) is 0. The Kier molecular flexibility index (Phi) is 5.80. The predicted molar refractivity (Wildman–Crippen MR) is 78.8 cm³/mol. The van der Waals surface area contributed by atoms with Gasteiger partial charge in [0.05, 0.1) is 13.2 Å². The van der Waals surface area contributed by atoms with Crippen LogP contribution in [0.4, 0.5) is 5.82 Å². The highest BCUT2D eigenvalue weighted by Gasteiger charge is 2.20. The van der Waals surface area contributed by atoms with Crippen LogP contribution in [0.1, 0.15) is 19.8 Å². The van der Waals surface area contributed by atoms with Crippen molar-refractivity contribution < 1.29 is 9.53 Å². The Morgan fingerprint density at radius 3 is 2.75 bits per heavy atom. The Morgan fingerprint density at radius 1 is 1.30 bits per heavy atom. The maximum absolute atomic E-state index is 11.6. The lowest BCUT2D eigenvalue weighted by Crippen LogP contribution is -2.48. The van der Waals surface area contributed by atoms with Crippen LogP contribution < -0.4 is 4.90 Å². The number of piperazine rings is 1. The van der Waals surface area contributed by atoms with E-state index in [0.29, 0.717) is 13.2 Å². The summed E-state index contributed by atoms with van der Waals surface area (Å²) in [5, 5.41) is 0. The molecule has 110 valence electrons. The van der Waals surface area contributed by atoms with Crippen molar-refractivity contribution in [2.75, 3.05) is 44.2 Å². The molecule has 2 rings (SSSR count). The monoisotopic (exact) mass is 277 g/mol. The number of unbranched alkanes of at least 4 members (excludes halogenated alkanes) is 1. The van der Waals surface area contributed by atoms with Crippen molar-refractivity contribution in [1.29, 1.82) is 0 Å². The van der Waals surface area contributed by atoms with Crippen LogP contribution in [0.5, 0.6) is 0 Å². The van der Waals surface area contributed by atoms with Crippen molar-refractivity contribution in [2.45, 2.75) is 19.8 Å². The molecule has 1 aliphatic rings. The fourth-order valence-electron chi connectivity index (χ4n) is 2.23. The average molecular weight is 277 g/mol. The Balaban J connectivity index is 1.70. The Morgan fingerprint density at radius 2 is 2.10 bits per heavy atom. The zero-order valence-corrected chi connectivity index (χ0v) is 12.1. The lowest BCUT2D eigenvalue weighted by Gasteiger charge is -2.34. The molecule has 1 aliphatic heterocycles. The van der Waals surface area contributed by atoms with Crippen LogP contribution in [0, 0.1) is 0 Å². The quantitative estimate of drug-likeness (QED) is 0.583. The summed E-state index contributed by atoms with van der Waals surface area (Å²) in [5.74, 6) is 0.905. The zero-order chi connectivity index (χ0) is 14.2. The van der Waals surface area contributed by atoms with Gasteiger partial charge in [-0.05, 0) is 18.6 Å². The van der Waals surface area contributed by atoms with E-state index in [2.05, 4.69) is 21.7 Å². The van der Waals surface area contributed by atoms with E-state index in [-0.39, 0.29) is 5.97 Å². The first kappa shape index (κ1) is 14.8. The van der Waals surface area contributed by atoms with E-state index >= 15 is 0 Å². The summed E-state index contributed by atoms with van der Waals surface area (Å²) < 4.78 is 5.19. The SMILES string of the molecule is CCCCOC(=O)CN1CCN(c2ccccn2)CC1. The maximum Gasteiger partial charge on any atom is 0.320 e. The minimum atomic E-state index is -0.107. The Labute approximate surface area is 120 Å². The zero-order valence-electron chi connectivity index (χ0n) is 12.1. The number of nitrogens with zero attached hydrogens (tertiary/aromatic N) is 3. The molecule has 0 aliphatic carbocycles. The van der Waals surface area contributed by atoms with Crippen molar-refractivity contribution in [2.24, 2.45) is 0 Å². The van der Waals surface area contributed by atoms with Gasteiger partial charge in [-0.3, -0.25) is 9.69 Å². The van der Waals surface area contributed by atoms with Crippen molar-refractivity contribution in [3.63, 3.8) is 0 Å². The van der Waals surface area contributed by atoms with Crippen molar-refractivity contribution in [1.82, 2.24) is 9.88 Å². The van der Waals surface area contributed by atoms with Gasteiger partial charge in [0.25, 0.3) is 0 Å². The largest absolute Gasteiger partial charge is 0.465 e. The third-order valence-electron chi connectivity index (χ3n) is 3.46. The first-order valence-electron chi connectivity index (χ1n) is 7.33. The van der Waals surface area contributed by atoms with E-state index in [9.17, 15) is 4.79 Å². The number of anilines is 1. The average Bonchev–Trinajstić information content (AvgIpc) is 2.49. The van der Waals surface area contributed by atoms with Crippen molar-refractivity contribution in [3.05, 3.63) is 24.4 Å². The molecule has 0 spiro atoms. The smallest absolute Gasteiger partial charge is 0.320 e. The lowest BCUT2D eigenvalue weighted by molar-refractivity contribution is -0.145. The van der Waals surface area contributed by atoms with Gasteiger partial charge < -0.3 is 9.64 Å². The molecule has 0 N–H and O–H groups in total. The van der Waals surface area contributed by atoms with Gasteiger partial charge in [-0.2, -0.15) is 0 Å². The predicted octanol–water partition coefficient (Wildman–Crippen LogP) is 1.55. The minimum absolute atomic E-state index is 0.107. The van der Waals surface area contributed by atoms with Gasteiger partial charge in [0.15, 0.2) is 0 Å². The summed E-state index contributed by atoms with van der Waals surface area (Å²) in [6.07, 6.45) is 3.81. The molecule has 1 aromatic heterocycles. The molecule has 0 radical (unpaired) electrons. The van der Waals surface area contributed by atoms with E-state index < -0.39 is 0 Å². The third-order valence-corrected chi connectivity index (χ3v) is 3.46. The molecule has 20 heavy (non-hydrogen) atoms. The molecule has 1 saturated heterocycles. The number of carbonyl (C=O) groups excluding carboxylic acids is 1. The van der Waals surface area contributed by atoms with Gasteiger partial charge in [-0.1, -0.05) is 19.4 Å². The number of ether oxygens (including phenoxy) is 1. The fourth-order valence-corrected chi connectivity index (χ4v) is 2.23. The second-order valence-corrected chi connectivity index (χ2v) is 5.03. The van der Waals surface area contributed by atoms with Crippen LogP contribution >= 0.6 is 0 Å². The first-order chi connectivity index (χ1) is 9.79.